The van der Waals surface area contributed by atoms with Crippen LogP contribution in [0, 0.1) is 5.82 Å². The summed E-state index contributed by atoms with van der Waals surface area (Å²) in [6.45, 7) is 2.79. The van der Waals surface area contributed by atoms with Crippen LogP contribution in [0.3, 0.4) is 0 Å². The molecule has 24 heavy (non-hydrogen) atoms. The summed E-state index contributed by atoms with van der Waals surface area (Å²) in [5, 5.41) is 3.93. The number of halogens is 1. The van der Waals surface area contributed by atoms with Crippen molar-refractivity contribution in [3.05, 3.63) is 65.5 Å². The van der Waals surface area contributed by atoms with Crippen LogP contribution >= 0.6 is 0 Å². The molecule has 0 aliphatic heterocycles. The summed E-state index contributed by atoms with van der Waals surface area (Å²) in [5.74, 6) is -0.207. The zero-order valence-corrected chi connectivity index (χ0v) is 13.7. The first-order valence-electron chi connectivity index (χ1n) is 8.01. The summed E-state index contributed by atoms with van der Waals surface area (Å²) < 4.78 is 18.8. The molecule has 0 bridgehead atoms. The first-order chi connectivity index (χ1) is 11.7. The Bertz CT molecular complexity index is 701. The molecular weight excluding hydrogens is 307 g/mol. The van der Waals surface area contributed by atoms with E-state index in [1.807, 2.05) is 24.3 Å². The van der Waals surface area contributed by atoms with Crippen molar-refractivity contribution in [2.75, 3.05) is 6.61 Å². The number of rotatable bonds is 8. The molecule has 0 unspecified atom stereocenters. The second-order valence-corrected chi connectivity index (χ2v) is 5.30. The van der Waals surface area contributed by atoms with Gasteiger partial charge in [-0.25, -0.2) is 9.82 Å². The molecule has 2 aromatic rings. The van der Waals surface area contributed by atoms with Crippen molar-refractivity contribution in [3.63, 3.8) is 0 Å². The van der Waals surface area contributed by atoms with E-state index in [4.69, 9.17) is 4.74 Å². The zero-order chi connectivity index (χ0) is 17.2. The fraction of sp³-hybridized carbons (Fsp3) is 0.263. The first-order valence-corrected chi connectivity index (χ1v) is 8.01. The molecule has 0 fully saturated rings. The van der Waals surface area contributed by atoms with E-state index in [1.54, 1.807) is 0 Å². The minimum atomic E-state index is -0.466. The van der Waals surface area contributed by atoms with Crippen molar-refractivity contribution in [2.45, 2.75) is 26.2 Å². The van der Waals surface area contributed by atoms with Crippen molar-refractivity contribution >= 4 is 12.1 Å². The molecule has 0 saturated carbocycles. The molecule has 1 N–H and O–H groups in total. The van der Waals surface area contributed by atoms with Crippen molar-refractivity contribution in [2.24, 2.45) is 5.10 Å². The van der Waals surface area contributed by atoms with Crippen LogP contribution in [0.25, 0.3) is 0 Å². The number of hydrogen-bond donors (Lipinski definition) is 1. The Morgan fingerprint density at radius 1 is 1.21 bits per heavy atom. The quantitative estimate of drug-likeness (QED) is 0.449. The Morgan fingerprint density at radius 2 is 2.04 bits per heavy atom. The molecule has 0 radical (unpaired) electrons. The SMILES string of the molecule is CCCCCOc1ccccc1/C=N/NC(=O)c1cccc(F)c1. The Kier molecular flexibility index (Phi) is 6.95. The van der Waals surface area contributed by atoms with Gasteiger partial charge in [0.25, 0.3) is 5.91 Å². The minimum Gasteiger partial charge on any atom is -0.493 e. The van der Waals surface area contributed by atoms with Crippen LogP contribution in [0.4, 0.5) is 4.39 Å². The number of para-hydroxylation sites is 1. The summed E-state index contributed by atoms with van der Waals surface area (Å²) >= 11 is 0. The van der Waals surface area contributed by atoms with Gasteiger partial charge in [-0.15, -0.1) is 0 Å². The van der Waals surface area contributed by atoms with Gasteiger partial charge < -0.3 is 4.74 Å². The lowest BCUT2D eigenvalue weighted by molar-refractivity contribution is 0.0954. The van der Waals surface area contributed by atoms with Crippen molar-refractivity contribution in [3.8, 4) is 5.75 Å². The smallest absolute Gasteiger partial charge is 0.271 e. The molecule has 0 aromatic heterocycles. The van der Waals surface area contributed by atoms with E-state index in [0.717, 1.165) is 36.6 Å². The summed E-state index contributed by atoms with van der Waals surface area (Å²) in [6.07, 6.45) is 4.78. The Morgan fingerprint density at radius 3 is 2.83 bits per heavy atom. The molecule has 0 atom stereocenters. The maximum Gasteiger partial charge on any atom is 0.271 e. The Labute approximate surface area is 141 Å². The van der Waals surface area contributed by atoms with Crippen molar-refractivity contribution in [1.29, 1.82) is 0 Å². The lowest BCUT2D eigenvalue weighted by Crippen LogP contribution is -2.17. The average Bonchev–Trinajstić information content (AvgIpc) is 2.60. The van der Waals surface area contributed by atoms with E-state index in [0.29, 0.717) is 6.61 Å². The Balaban J connectivity index is 1.95. The average molecular weight is 328 g/mol. The van der Waals surface area contributed by atoms with Crippen LogP contribution in [0.5, 0.6) is 5.75 Å². The van der Waals surface area contributed by atoms with E-state index in [9.17, 15) is 9.18 Å². The van der Waals surface area contributed by atoms with E-state index in [1.165, 1.54) is 24.4 Å². The normalized spacial score (nSPS) is 10.8. The highest BCUT2D eigenvalue weighted by Gasteiger charge is 2.05. The highest BCUT2D eigenvalue weighted by atomic mass is 19.1. The highest BCUT2D eigenvalue weighted by Crippen LogP contribution is 2.16. The van der Waals surface area contributed by atoms with Gasteiger partial charge in [0.15, 0.2) is 0 Å². The number of carbonyl (C=O) groups excluding carboxylic acids is 1. The van der Waals surface area contributed by atoms with Gasteiger partial charge in [0.2, 0.25) is 0 Å². The zero-order valence-electron chi connectivity index (χ0n) is 13.7. The van der Waals surface area contributed by atoms with Gasteiger partial charge in [-0.1, -0.05) is 38.0 Å². The second kappa shape index (κ2) is 9.45. The number of unbranched alkanes of at least 4 members (excludes halogenated alkanes) is 2. The third kappa shape index (κ3) is 5.50. The maximum atomic E-state index is 13.1. The highest BCUT2D eigenvalue weighted by molar-refractivity contribution is 5.95. The predicted octanol–water partition coefficient (Wildman–Crippen LogP) is 4.16. The third-order valence-corrected chi connectivity index (χ3v) is 3.38. The van der Waals surface area contributed by atoms with Gasteiger partial charge in [-0.2, -0.15) is 5.10 Å². The van der Waals surface area contributed by atoms with Crippen LogP contribution in [-0.4, -0.2) is 18.7 Å². The predicted molar refractivity (Wildman–Crippen MR) is 92.9 cm³/mol. The van der Waals surface area contributed by atoms with E-state index >= 15 is 0 Å². The fourth-order valence-electron chi connectivity index (χ4n) is 2.11. The van der Waals surface area contributed by atoms with E-state index in [2.05, 4.69) is 17.5 Å². The number of hydrogen-bond acceptors (Lipinski definition) is 3. The van der Waals surface area contributed by atoms with Gasteiger partial charge in [0.1, 0.15) is 11.6 Å². The van der Waals surface area contributed by atoms with Gasteiger partial charge in [0, 0.05) is 11.1 Å². The molecule has 5 heteroatoms. The largest absolute Gasteiger partial charge is 0.493 e. The summed E-state index contributed by atoms with van der Waals surface area (Å²) in [4.78, 5) is 11.9. The van der Waals surface area contributed by atoms with Crippen LogP contribution in [0.15, 0.2) is 53.6 Å². The number of nitrogens with one attached hydrogen (secondary N) is 1. The molecule has 4 nitrogen and oxygen atoms in total. The number of ether oxygens (including phenoxy) is 1. The monoisotopic (exact) mass is 328 g/mol. The minimum absolute atomic E-state index is 0.219. The van der Waals surface area contributed by atoms with Crippen molar-refractivity contribution < 1.29 is 13.9 Å². The summed E-state index contributed by atoms with van der Waals surface area (Å²) in [5.41, 5.74) is 3.38. The standard InChI is InChI=1S/C19H21FN2O2/c1-2-3-6-12-24-18-11-5-4-8-16(18)14-21-22-19(23)15-9-7-10-17(20)13-15/h4-5,7-11,13-14H,2-3,6,12H2,1H3,(H,22,23)/b21-14+. The van der Waals surface area contributed by atoms with Crippen LogP contribution < -0.4 is 10.2 Å². The van der Waals surface area contributed by atoms with Crippen LogP contribution in [0.1, 0.15) is 42.1 Å². The molecule has 2 rings (SSSR count). The van der Waals surface area contributed by atoms with Gasteiger partial charge in [-0.3, -0.25) is 4.79 Å². The van der Waals surface area contributed by atoms with Gasteiger partial charge in [-0.05, 0) is 36.8 Å². The number of carbonyl (C=O) groups is 1. The first kappa shape index (κ1) is 17.7. The number of nitrogens with zero attached hydrogens (tertiary/aromatic N) is 1. The molecule has 0 heterocycles. The molecule has 0 aliphatic carbocycles. The maximum absolute atomic E-state index is 13.1. The van der Waals surface area contributed by atoms with Crippen LogP contribution in [-0.2, 0) is 0 Å². The van der Waals surface area contributed by atoms with Crippen molar-refractivity contribution in [1.82, 2.24) is 5.43 Å². The Hall–Kier alpha value is -2.69. The fourth-order valence-corrected chi connectivity index (χ4v) is 2.11. The summed E-state index contributed by atoms with van der Waals surface area (Å²) in [6, 6.07) is 12.9. The molecule has 2 aromatic carbocycles. The van der Waals surface area contributed by atoms with Gasteiger partial charge in [0.05, 0.1) is 12.8 Å². The lowest BCUT2D eigenvalue weighted by atomic mass is 10.2. The van der Waals surface area contributed by atoms with E-state index < -0.39 is 11.7 Å². The number of benzene rings is 2. The van der Waals surface area contributed by atoms with E-state index in [-0.39, 0.29) is 5.56 Å². The topological polar surface area (TPSA) is 50.7 Å². The van der Waals surface area contributed by atoms with Gasteiger partial charge >= 0.3 is 0 Å². The molecule has 0 spiro atoms. The molecular formula is C19H21FN2O2. The molecule has 1 amide bonds. The number of amides is 1. The third-order valence-electron chi connectivity index (χ3n) is 3.38. The second-order valence-electron chi connectivity index (χ2n) is 5.30. The molecule has 0 saturated heterocycles. The molecule has 0 aliphatic rings. The lowest BCUT2D eigenvalue weighted by Gasteiger charge is -2.08. The number of hydrazone groups is 1. The molecule has 126 valence electrons. The van der Waals surface area contributed by atoms with Crippen LogP contribution in [0.2, 0.25) is 0 Å². The summed E-state index contributed by atoms with van der Waals surface area (Å²) in [7, 11) is 0.